The molecule has 0 bridgehead atoms. The number of para-hydroxylation sites is 2. The van der Waals surface area contributed by atoms with Crippen molar-refractivity contribution in [2.24, 2.45) is 4.99 Å². The third kappa shape index (κ3) is 4.83. The van der Waals surface area contributed by atoms with Crippen LogP contribution in [0.3, 0.4) is 0 Å². The lowest BCUT2D eigenvalue weighted by molar-refractivity contribution is -0.133. The third-order valence-corrected chi connectivity index (χ3v) is 7.48. The van der Waals surface area contributed by atoms with Gasteiger partial charge in [0.2, 0.25) is 5.91 Å². The Morgan fingerprint density at radius 3 is 2.52 bits per heavy atom. The van der Waals surface area contributed by atoms with E-state index in [0.717, 1.165) is 24.3 Å². The zero-order valence-electron chi connectivity index (χ0n) is 19.0. The second-order valence-corrected chi connectivity index (χ2v) is 9.87. The van der Waals surface area contributed by atoms with Crippen molar-refractivity contribution in [2.75, 3.05) is 38.2 Å². The summed E-state index contributed by atoms with van der Waals surface area (Å²) < 4.78 is 32.9. The SMILES string of the molecule is CCCCC(N=C1NS(=O)(=O)c2ccccc21)C(=O)N1CCN(c2ccccc2OC)CC1. The predicted molar refractivity (Wildman–Crippen MR) is 128 cm³/mol. The molecule has 0 saturated carbocycles. The average Bonchev–Trinajstić information content (AvgIpc) is 3.11. The summed E-state index contributed by atoms with van der Waals surface area (Å²) in [5.74, 6) is 1.02. The maximum atomic E-state index is 13.4. The molecule has 4 rings (SSSR count). The summed E-state index contributed by atoms with van der Waals surface area (Å²) in [5.41, 5.74) is 1.54. The molecule has 2 heterocycles. The summed E-state index contributed by atoms with van der Waals surface area (Å²) in [7, 11) is -1.98. The van der Waals surface area contributed by atoms with Gasteiger partial charge in [0.1, 0.15) is 17.6 Å². The van der Waals surface area contributed by atoms with E-state index in [1.807, 2.05) is 29.2 Å². The Morgan fingerprint density at radius 2 is 1.79 bits per heavy atom. The minimum Gasteiger partial charge on any atom is -0.495 e. The minimum atomic E-state index is -3.64. The molecular formula is C24H30N4O4S. The highest BCUT2D eigenvalue weighted by atomic mass is 32.2. The van der Waals surface area contributed by atoms with Crippen LogP contribution in [0, 0.1) is 0 Å². The number of unbranched alkanes of at least 4 members (excludes halogenated alkanes) is 1. The topological polar surface area (TPSA) is 91.3 Å². The lowest BCUT2D eigenvalue weighted by atomic mass is 10.1. The normalized spacial score (nSPS) is 19.2. The molecule has 2 aromatic carbocycles. The van der Waals surface area contributed by atoms with Gasteiger partial charge in [-0.3, -0.25) is 14.5 Å². The van der Waals surface area contributed by atoms with Gasteiger partial charge in [0.05, 0.1) is 17.7 Å². The number of aliphatic imine (C=N–C) groups is 1. The first kappa shape index (κ1) is 23.1. The van der Waals surface area contributed by atoms with Crippen LogP contribution in [0.1, 0.15) is 31.7 Å². The number of nitrogens with zero attached hydrogens (tertiary/aromatic N) is 3. The number of hydrogen-bond donors (Lipinski definition) is 1. The first-order valence-corrected chi connectivity index (χ1v) is 12.8. The lowest BCUT2D eigenvalue weighted by Crippen LogP contribution is -2.51. The van der Waals surface area contributed by atoms with Crippen molar-refractivity contribution in [1.82, 2.24) is 9.62 Å². The standard InChI is InChI=1S/C24H30N4O4S/c1-3-4-10-19(25-23-18-9-5-8-13-22(18)33(30,31)26-23)24(29)28-16-14-27(15-17-28)20-11-6-7-12-21(20)32-2/h5-9,11-13,19H,3-4,10,14-17H2,1-2H3,(H,25,26). The van der Waals surface area contributed by atoms with Gasteiger partial charge in [0.25, 0.3) is 10.0 Å². The van der Waals surface area contributed by atoms with Crippen molar-refractivity contribution in [3.63, 3.8) is 0 Å². The van der Waals surface area contributed by atoms with Crippen LogP contribution in [0.2, 0.25) is 0 Å². The molecule has 176 valence electrons. The maximum absolute atomic E-state index is 13.4. The van der Waals surface area contributed by atoms with Gasteiger partial charge in [0.15, 0.2) is 0 Å². The molecule has 8 nitrogen and oxygen atoms in total. The van der Waals surface area contributed by atoms with Crippen LogP contribution in [-0.4, -0.2) is 64.4 Å². The summed E-state index contributed by atoms with van der Waals surface area (Å²) in [5, 5.41) is 0. The molecule has 1 fully saturated rings. The number of benzene rings is 2. The molecule has 0 spiro atoms. The van der Waals surface area contributed by atoms with E-state index < -0.39 is 16.1 Å². The van der Waals surface area contributed by atoms with E-state index >= 15 is 0 Å². The van der Waals surface area contributed by atoms with Crippen molar-refractivity contribution in [2.45, 2.75) is 37.1 Å². The van der Waals surface area contributed by atoms with E-state index in [-0.39, 0.29) is 16.6 Å². The van der Waals surface area contributed by atoms with E-state index in [2.05, 4.69) is 21.5 Å². The van der Waals surface area contributed by atoms with Gasteiger partial charge in [-0.1, -0.05) is 44.0 Å². The largest absolute Gasteiger partial charge is 0.495 e. The number of methoxy groups -OCH3 is 1. The van der Waals surface area contributed by atoms with Crippen molar-refractivity contribution < 1.29 is 17.9 Å². The van der Waals surface area contributed by atoms with Crippen LogP contribution in [0.4, 0.5) is 5.69 Å². The Labute approximate surface area is 195 Å². The fourth-order valence-corrected chi connectivity index (χ4v) is 5.53. The quantitative estimate of drug-likeness (QED) is 0.672. The third-order valence-electron chi connectivity index (χ3n) is 6.08. The van der Waals surface area contributed by atoms with E-state index in [4.69, 9.17) is 4.74 Å². The maximum Gasteiger partial charge on any atom is 0.263 e. The Bertz CT molecular complexity index is 1140. The van der Waals surface area contributed by atoms with Crippen molar-refractivity contribution in [1.29, 1.82) is 0 Å². The molecule has 2 aromatic rings. The molecule has 0 radical (unpaired) electrons. The molecule has 2 aliphatic rings. The number of carbonyl (C=O) groups is 1. The van der Waals surface area contributed by atoms with Crippen molar-refractivity contribution in [3.8, 4) is 5.75 Å². The molecule has 1 saturated heterocycles. The van der Waals surface area contributed by atoms with Crippen LogP contribution in [0.25, 0.3) is 0 Å². The zero-order chi connectivity index (χ0) is 23.4. The highest BCUT2D eigenvalue weighted by Gasteiger charge is 2.33. The average molecular weight is 471 g/mol. The Hall–Kier alpha value is -3.07. The van der Waals surface area contributed by atoms with Gasteiger partial charge in [-0.15, -0.1) is 0 Å². The number of rotatable bonds is 7. The van der Waals surface area contributed by atoms with Crippen molar-refractivity contribution in [3.05, 3.63) is 54.1 Å². The minimum absolute atomic E-state index is 0.0563. The monoisotopic (exact) mass is 470 g/mol. The Balaban J connectivity index is 1.51. The fourth-order valence-electron chi connectivity index (χ4n) is 4.30. The van der Waals surface area contributed by atoms with Gasteiger partial charge in [0, 0.05) is 31.7 Å². The molecule has 1 unspecified atom stereocenters. The van der Waals surface area contributed by atoms with Gasteiger partial charge >= 0.3 is 0 Å². The van der Waals surface area contributed by atoms with Crippen LogP contribution < -0.4 is 14.4 Å². The predicted octanol–water partition coefficient (Wildman–Crippen LogP) is 2.64. The summed E-state index contributed by atoms with van der Waals surface area (Å²) in [6, 6.07) is 14.0. The van der Waals surface area contributed by atoms with Crippen LogP contribution in [0.5, 0.6) is 5.75 Å². The molecule has 0 aliphatic carbocycles. The van der Waals surface area contributed by atoms with Gasteiger partial charge in [-0.25, -0.2) is 8.42 Å². The number of fused-ring (bicyclic) bond motifs is 1. The molecule has 1 atom stereocenters. The molecule has 2 aliphatic heterocycles. The van der Waals surface area contributed by atoms with E-state index in [1.165, 1.54) is 0 Å². The van der Waals surface area contributed by atoms with Crippen LogP contribution in [0.15, 0.2) is 58.4 Å². The molecule has 1 amide bonds. The number of piperazine rings is 1. The van der Waals surface area contributed by atoms with Gasteiger partial charge in [-0.05, 0) is 30.7 Å². The number of sulfonamides is 1. The second-order valence-electron chi connectivity index (χ2n) is 8.22. The number of amides is 1. The number of carbonyl (C=O) groups excluding carboxylic acids is 1. The molecular weight excluding hydrogens is 440 g/mol. The molecule has 0 aromatic heterocycles. The van der Waals surface area contributed by atoms with Gasteiger partial charge in [-0.2, -0.15) is 0 Å². The van der Waals surface area contributed by atoms with Crippen LogP contribution >= 0.6 is 0 Å². The summed E-state index contributed by atoms with van der Waals surface area (Å²) in [6.07, 6.45) is 2.34. The molecule has 33 heavy (non-hydrogen) atoms. The Morgan fingerprint density at radius 1 is 1.09 bits per heavy atom. The summed E-state index contributed by atoms with van der Waals surface area (Å²) in [6.45, 7) is 4.60. The van der Waals surface area contributed by atoms with E-state index in [1.54, 1.807) is 31.4 Å². The number of ether oxygens (including phenoxy) is 1. The number of nitrogens with one attached hydrogen (secondary N) is 1. The first-order chi connectivity index (χ1) is 15.9. The van der Waals surface area contributed by atoms with E-state index in [9.17, 15) is 13.2 Å². The molecule has 1 N–H and O–H groups in total. The van der Waals surface area contributed by atoms with Crippen molar-refractivity contribution >= 4 is 27.5 Å². The summed E-state index contributed by atoms with van der Waals surface area (Å²) in [4.78, 5) is 22.3. The second kappa shape index (κ2) is 9.82. The lowest BCUT2D eigenvalue weighted by Gasteiger charge is -2.37. The highest BCUT2D eigenvalue weighted by molar-refractivity contribution is 7.90. The zero-order valence-corrected chi connectivity index (χ0v) is 19.8. The number of amidine groups is 1. The number of hydrogen-bond acceptors (Lipinski definition) is 6. The highest BCUT2D eigenvalue weighted by Crippen LogP contribution is 2.29. The van der Waals surface area contributed by atoms with Crippen LogP contribution in [-0.2, 0) is 14.8 Å². The van der Waals surface area contributed by atoms with E-state index in [0.29, 0.717) is 38.2 Å². The fraction of sp³-hybridized carbons (Fsp3) is 0.417. The smallest absolute Gasteiger partial charge is 0.263 e. The first-order valence-electron chi connectivity index (χ1n) is 11.3. The Kier molecular flexibility index (Phi) is 6.88. The molecule has 9 heteroatoms. The number of anilines is 1. The van der Waals surface area contributed by atoms with Gasteiger partial charge < -0.3 is 14.5 Å². The summed E-state index contributed by atoms with van der Waals surface area (Å²) >= 11 is 0.